The minimum atomic E-state index is -0.414. The number of rotatable bonds is 5. The van der Waals surface area contributed by atoms with Crippen molar-refractivity contribution in [3.05, 3.63) is 35.9 Å². The van der Waals surface area contributed by atoms with Gasteiger partial charge in [0.05, 0.1) is 5.25 Å². The summed E-state index contributed by atoms with van der Waals surface area (Å²) in [4.78, 5) is 15.4. The zero-order valence-corrected chi connectivity index (χ0v) is 10.4. The van der Waals surface area contributed by atoms with Crippen molar-refractivity contribution in [3.63, 3.8) is 0 Å². The van der Waals surface area contributed by atoms with Crippen LogP contribution < -0.4 is 11.5 Å². The topological polar surface area (TPSA) is 111 Å². The van der Waals surface area contributed by atoms with Gasteiger partial charge in [0.25, 0.3) is 0 Å². The number of carbonyl (C=O) groups is 1. The molecule has 0 fully saturated rings. The molecule has 0 saturated heterocycles. The summed E-state index contributed by atoms with van der Waals surface area (Å²) in [6.07, 6.45) is 0.537. The second-order valence-electron chi connectivity index (χ2n) is 3.70. The number of nitrogens with one attached hydrogen (secondary N) is 1. The minimum Gasteiger partial charge on any atom is -0.369 e. The van der Waals surface area contributed by atoms with Gasteiger partial charge in [-0.2, -0.15) is 4.98 Å². The van der Waals surface area contributed by atoms with E-state index < -0.39 is 11.2 Å². The zero-order chi connectivity index (χ0) is 13.0. The fourth-order valence-corrected chi connectivity index (χ4v) is 2.36. The number of aromatic amines is 1. The van der Waals surface area contributed by atoms with Crippen LogP contribution in [0.15, 0.2) is 35.5 Å². The van der Waals surface area contributed by atoms with Gasteiger partial charge in [0, 0.05) is 0 Å². The van der Waals surface area contributed by atoms with Crippen LogP contribution in [0, 0.1) is 0 Å². The van der Waals surface area contributed by atoms with Crippen molar-refractivity contribution in [2.45, 2.75) is 16.8 Å². The Labute approximate surface area is 108 Å². The van der Waals surface area contributed by atoms with Crippen molar-refractivity contribution >= 4 is 23.6 Å². The molecule has 1 amide bonds. The van der Waals surface area contributed by atoms with E-state index in [1.54, 1.807) is 0 Å². The van der Waals surface area contributed by atoms with E-state index in [0.717, 1.165) is 5.56 Å². The van der Waals surface area contributed by atoms with Crippen molar-refractivity contribution in [1.82, 2.24) is 15.2 Å². The lowest BCUT2D eigenvalue weighted by atomic mass is 10.1. The molecule has 0 aliphatic rings. The number of nitrogen functional groups attached to an aromatic ring is 1. The largest absolute Gasteiger partial charge is 0.369 e. The van der Waals surface area contributed by atoms with Crippen molar-refractivity contribution in [3.8, 4) is 0 Å². The van der Waals surface area contributed by atoms with Crippen LogP contribution in [0.4, 0.5) is 5.95 Å². The van der Waals surface area contributed by atoms with Crippen molar-refractivity contribution < 1.29 is 4.79 Å². The molecular formula is C11H13N5OS. The standard InChI is InChI=1S/C11H13N5OS/c12-9(17)8(6-7-4-2-1-3-5-7)18-11-14-10(13)15-16-11/h1-5,8H,6H2,(H2,12,17)(H3,13,14,15,16). The molecule has 7 heteroatoms. The van der Waals surface area contributed by atoms with Crippen LogP contribution in [0.1, 0.15) is 5.56 Å². The molecule has 1 heterocycles. The van der Waals surface area contributed by atoms with Gasteiger partial charge in [-0.1, -0.05) is 42.1 Å². The summed E-state index contributed by atoms with van der Waals surface area (Å²) >= 11 is 1.20. The predicted molar refractivity (Wildman–Crippen MR) is 69.8 cm³/mol. The highest BCUT2D eigenvalue weighted by molar-refractivity contribution is 8.00. The van der Waals surface area contributed by atoms with Crippen LogP contribution in [-0.4, -0.2) is 26.3 Å². The van der Waals surface area contributed by atoms with Crippen molar-refractivity contribution in [1.29, 1.82) is 0 Å². The van der Waals surface area contributed by atoms with E-state index in [1.807, 2.05) is 30.3 Å². The average Bonchev–Trinajstić information content (AvgIpc) is 2.75. The van der Waals surface area contributed by atoms with Crippen LogP contribution in [0.5, 0.6) is 0 Å². The monoisotopic (exact) mass is 263 g/mol. The number of hydrogen-bond acceptors (Lipinski definition) is 5. The molecule has 1 aromatic carbocycles. The fraction of sp³-hybridized carbons (Fsp3) is 0.182. The summed E-state index contributed by atoms with van der Waals surface area (Å²) < 4.78 is 0. The molecule has 0 spiro atoms. The van der Waals surface area contributed by atoms with Crippen LogP contribution in [0.3, 0.4) is 0 Å². The molecule has 2 rings (SSSR count). The number of nitrogens with zero attached hydrogens (tertiary/aromatic N) is 2. The van der Waals surface area contributed by atoms with E-state index >= 15 is 0 Å². The number of carbonyl (C=O) groups excluding carboxylic acids is 1. The van der Waals surface area contributed by atoms with Gasteiger partial charge < -0.3 is 11.5 Å². The van der Waals surface area contributed by atoms with E-state index in [9.17, 15) is 4.79 Å². The number of primary amides is 1. The van der Waals surface area contributed by atoms with Gasteiger partial charge in [-0.05, 0) is 12.0 Å². The lowest BCUT2D eigenvalue weighted by molar-refractivity contribution is -0.117. The van der Waals surface area contributed by atoms with E-state index in [2.05, 4.69) is 15.2 Å². The Morgan fingerprint density at radius 2 is 2.11 bits per heavy atom. The summed E-state index contributed by atoms with van der Waals surface area (Å²) in [6, 6.07) is 9.66. The molecule has 0 saturated carbocycles. The van der Waals surface area contributed by atoms with E-state index in [0.29, 0.717) is 11.6 Å². The normalized spacial score (nSPS) is 12.2. The predicted octanol–water partition coefficient (Wildman–Crippen LogP) is 0.576. The Hall–Kier alpha value is -2.02. The number of thioether (sulfide) groups is 1. The molecule has 0 bridgehead atoms. The molecule has 0 aliphatic heterocycles. The summed E-state index contributed by atoms with van der Waals surface area (Å²) in [5.41, 5.74) is 11.8. The van der Waals surface area contributed by atoms with E-state index in [-0.39, 0.29) is 5.95 Å². The maximum atomic E-state index is 11.4. The number of amides is 1. The average molecular weight is 263 g/mol. The second-order valence-corrected chi connectivity index (χ2v) is 4.87. The third kappa shape index (κ3) is 3.24. The highest BCUT2D eigenvalue weighted by Crippen LogP contribution is 2.22. The maximum Gasteiger partial charge on any atom is 0.231 e. The van der Waals surface area contributed by atoms with Crippen molar-refractivity contribution in [2.75, 3.05) is 5.73 Å². The van der Waals surface area contributed by atoms with Crippen LogP contribution in [-0.2, 0) is 11.2 Å². The number of hydrogen-bond donors (Lipinski definition) is 3. The first-order valence-electron chi connectivity index (χ1n) is 5.33. The lowest BCUT2D eigenvalue weighted by Crippen LogP contribution is -2.27. The van der Waals surface area contributed by atoms with Crippen LogP contribution >= 0.6 is 11.8 Å². The minimum absolute atomic E-state index is 0.223. The number of aromatic nitrogens is 3. The van der Waals surface area contributed by atoms with Gasteiger partial charge >= 0.3 is 0 Å². The Bertz CT molecular complexity index is 527. The van der Waals surface area contributed by atoms with Crippen LogP contribution in [0.25, 0.3) is 0 Å². The summed E-state index contributed by atoms with van der Waals surface area (Å²) in [7, 11) is 0. The highest BCUT2D eigenvalue weighted by atomic mass is 32.2. The zero-order valence-electron chi connectivity index (χ0n) is 9.54. The molecular weight excluding hydrogens is 250 g/mol. The molecule has 1 unspecified atom stereocenters. The van der Waals surface area contributed by atoms with E-state index in [1.165, 1.54) is 11.8 Å². The van der Waals surface area contributed by atoms with Gasteiger partial charge in [0.1, 0.15) is 0 Å². The third-order valence-electron chi connectivity index (χ3n) is 2.31. The second kappa shape index (κ2) is 5.54. The van der Waals surface area contributed by atoms with Gasteiger partial charge in [0.2, 0.25) is 17.0 Å². The number of benzene rings is 1. The molecule has 0 aliphatic carbocycles. The number of H-pyrrole nitrogens is 1. The van der Waals surface area contributed by atoms with Gasteiger partial charge in [0.15, 0.2) is 0 Å². The molecule has 6 nitrogen and oxygen atoms in total. The smallest absolute Gasteiger partial charge is 0.231 e. The van der Waals surface area contributed by atoms with Gasteiger partial charge in [-0.25, -0.2) is 5.10 Å². The third-order valence-corrected chi connectivity index (χ3v) is 3.39. The van der Waals surface area contributed by atoms with Crippen LogP contribution in [0.2, 0.25) is 0 Å². The molecule has 5 N–H and O–H groups in total. The Balaban J connectivity index is 2.07. The molecule has 18 heavy (non-hydrogen) atoms. The first-order valence-corrected chi connectivity index (χ1v) is 6.21. The molecule has 1 atom stereocenters. The first-order chi connectivity index (χ1) is 8.65. The maximum absolute atomic E-state index is 11.4. The Morgan fingerprint density at radius 1 is 1.39 bits per heavy atom. The summed E-state index contributed by atoms with van der Waals surface area (Å²) in [5.74, 6) is -0.173. The van der Waals surface area contributed by atoms with Gasteiger partial charge in [-0.3, -0.25) is 4.79 Å². The first kappa shape index (κ1) is 12.4. The SMILES string of the molecule is NC(=O)C(Cc1ccccc1)Sc1n[nH]c(N)n1. The Morgan fingerprint density at radius 3 is 2.67 bits per heavy atom. The summed E-state index contributed by atoms with van der Waals surface area (Å²) in [5, 5.41) is 6.40. The lowest BCUT2D eigenvalue weighted by Gasteiger charge is -2.10. The molecule has 1 aromatic heterocycles. The highest BCUT2D eigenvalue weighted by Gasteiger charge is 2.19. The molecule has 2 aromatic rings. The number of nitrogens with two attached hydrogens (primary N) is 2. The number of anilines is 1. The Kier molecular flexibility index (Phi) is 3.83. The summed E-state index contributed by atoms with van der Waals surface area (Å²) in [6.45, 7) is 0. The van der Waals surface area contributed by atoms with Crippen molar-refractivity contribution in [2.24, 2.45) is 5.73 Å². The van der Waals surface area contributed by atoms with E-state index in [4.69, 9.17) is 11.5 Å². The molecule has 0 radical (unpaired) electrons. The molecule has 94 valence electrons. The fourth-order valence-electron chi connectivity index (χ4n) is 1.47. The quantitative estimate of drug-likeness (QED) is 0.683. The van der Waals surface area contributed by atoms with Gasteiger partial charge in [-0.15, -0.1) is 5.10 Å².